The summed E-state index contributed by atoms with van der Waals surface area (Å²) in [6.07, 6.45) is 1.38. The van der Waals surface area contributed by atoms with E-state index in [1.54, 1.807) is 0 Å². The van der Waals surface area contributed by atoms with E-state index in [2.05, 4.69) is 15.4 Å². The van der Waals surface area contributed by atoms with Crippen molar-refractivity contribution in [1.82, 2.24) is 30.2 Å². The van der Waals surface area contributed by atoms with Gasteiger partial charge in [0.25, 0.3) is 17.0 Å². The van der Waals surface area contributed by atoms with Crippen LogP contribution < -0.4 is 22.4 Å². The number of nitrogens with zero attached hydrogens (tertiary/aromatic N) is 4. The molecule has 2 aromatic rings. The number of carbonyl (C=O) groups excluding carboxylic acids is 1. The van der Waals surface area contributed by atoms with Crippen LogP contribution in [0.5, 0.6) is 0 Å². The van der Waals surface area contributed by atoms with Crippen molar-refractivity contribution in [3.8, 4) is 0 Å². The third-order valence-corrected chi connectivity index (χ3v) is 2.34. The fraction of sp³-hybridized carbons (Fsp3) is 0.222. The van der Waals surface area contributed by atoms with Gasteiger partial charge in [-0.3, -0.25) is 24.9 Å². The van der Waals surface area contributed by atoms with E-state index in [9.17, 15) is 14.4 Å². The normalized spacial score (nSPS) is 10.4. The Hall–Kier alpha value is -2.75. The van der Waals surface area contributed by atoms with Crippen LogP contribution in [0.25, 0.3) is 0 Å². The number of aryl methyl sites for hydroxylation is 2. The van der Waals surface area contributed by atoms with Crippen molar-refractivity contribution in [2.75, 3.05) is 0 Å². The second-order valence-electron chi connectivity index (χ2n) is 3.64. The lowest BCUT2D eigenvalue weighted by molar-refractivity contribution is 0.0948. The Kier molecular flexibility index (Phi) is 3.52. The molecule has 0 aliphatic heterocycles. The van der Waals surface area contributed by atoms with Gasteiger partial charge in [0.05, 0.1) is 19.3 Å². The van der Waals surface area contributed by atoms with E-state index in [1.165, 1.54) is 16.9 Å². The van der Waals surface area contributed by atoms with Gasteiger partial charge >= 0.3 is 0 Å². The van der Waals surface area contributed by atoms with Gasteiger partial charge in [-0.2, -0.15) is 0 Å². The summed E-state index contributed by atoms with van der Waals surface area (Å²) in [4.78, 5) is 33.6. The SMILES string of the molecule is NNC(=O)c1cn(CCn2[nH]c(=O)ccc2=O)nn1. The maximum absolute atomic E-state index is 11.4. The van der Waals surface area contributed by atoms with Crippen molar-refractivity contribution >= 4 is 5.91 Å². The first-order valence-electron chi connectivity index (χ1n) is 5.31. The maximum Gasteiger partial charge on any atom is 0.287 e. The van der Waals surface area contributed by atoms with Gasteiger partial charge in [-0.1, -0.05) is 5.21 Å². The monoisotopic (exact) mass is 265 g/mol. The summed E-state index contributed by atoms with van der Waals surface area (Å²) in [7, 11) is 0. The van der Waals surface area contributed by atoms with E-state index in [0.717, 1.165) is 10.7 Å². The van der Waals surface area contributed by atoms with Crippen LogP contribution in [0.1, 0.15) is 10.5 Å². The molecule has 10 heteroatoms. The molecule has 2 rings (SSSR count). The van der Waals surface area contributed by atoms with Crippen LogP contribution in [0.3, 0.4) is 0 Å². The highest BCUT2D eigenvalue weighted by molar-refractivity contribution is 5.91. The number of nitrogen functional groups attached to an aromatic ring is 1. The molecular weight excluding hydrogens is 254 g/mol. The molecule has 0 saturated carbocycles. The zero-order valence-corrected chi connectivity index (χ0v) is 9.74. The topological polar surface area (TPSA) is 141 Å². The van der Waals surface area contributed by atoms with Gasteiger partial charge in [0, 0.05) is 12.1 Å². The average Bonchev–Trinajstić information content (AvgIpc) is 2.88. The molecule has 0 saturated heterocycles. The highest BCUT2D eigenvalue weighted by Crippen LogP contribution is 1.92. The molecule has 0 bridgehead atoms. The van der Waals surface area contributed by atoms with Crippen LogP contribution in [0.2, 0.25) is 0 Å². The minimum Gasteiger partial charge on any atom is -0.289 e. The number of rotatable bonds is 4. The molecule has 100 valence electrons. The van der Waals surface area contributed by atoms with Gasteiger partial charge in [0.2, 0.25) is 0 Å². The standard InChI is InChI=1S/C9H11N7O3/c10-11-9(19)6-5-15(14-12-6)3-4-16-8(18)2-1-7(17)13-16/h1-2,5H,3-4,10H2,(H,11,19)(H,13,17). The van der Waals surface area contributed by atoms with Gasteiger partial charge in [0.1, 0.15) is 0 Å². The molecule has 4 N–H and O–H groups in total. The molecular formula is C9H11N7O3. The lowest BCUT2D eigenvalue weighted by Crippen LogP contribution is -2.30. The molecule has 2 heterocycles. The Balaban J connectivity index is 2.08. The molecule has 10 nitrogen and oxygen atoms in total. The number of hydrogen-bond donors (Lipinski definition) is 3. The number of aromatic nitrogens is 5. The molecule has 2 aromatic heterocycles. The molecule has 1 amide bonds. The van der Waals surface area contributed by atoms with Gasteiger partial charge in [-0.25, -0.2) is 15.2 Å². The number of hydrazine groups is 1. The number of nitrogens with two attached hydrogens (primary N) is 1. The van der Waals surface area contributed by atoms with Crippen molar-refractivity contribution in [2.45, 2.75) is 13.1 Å². The minimum atomic E-state index is -0.559. The number of aromatic amines is 1. The van der Waals surface area contributed by atoms with Crippen molar-refractivity contribution < 1.29 is 4.79 Å². The van der Waals surface area contributed by atoms with Crippen LogP contribution in [0, 0.1) is 0 Å². The predicted molar refractivity (Wildman–Crippen MR) is 63.0 cm³/mol. The quantitative estimate of drug-likeness (QED) is 0.315. The summed E-state index contributed by atoms with van der Waals surface area (Å²) in [6.45, 7) is 0.465. The summed E-state index contributed by atoms with van der Waals surface area (Å²) < 4.78 is 2.51. The second-order valence-corrected chi connectivity index (χ2v) is 3.64. The van der Waals surface area contributed by atoms with Crippen LogP contribution in [-0.4, -0.2) is 30.7 Å². The molecule has 0 radical (unpaired) electrons. The molecule has 0 unspecified atom stereocenters. The smallest absolute Gasteiger partial charge is 0.287 e. The van der Waals surface area contributed by atoms with E-state index in [-0.39, 0.29) is 29.9 Å². The number of carbonyl (C=O) groups is 1. The zero-order chi connectivity index (χ0) is 13.8. The highest BCUT2D eigenvalue weighted by atomic mass is 16.2. The van der Waals surface area contributed by atoms with Crippen LogP contribution in [0.4, 0.5) is 0 Å². The zero-order valence-electron chi connectivity index (χ0n) is 9.74. The van der Waals surface area contributed by atoms with E-state index in [0.29, 0.717) is 0 Å². The molecule has 0 atom stereocenters. The number of hydrogen-bond acceptors (Lipinski definition) is 6. The molecule has 19 heavy (non-hydrogen) atoms. The Morgan fingerprint density at radius 1 is 1.37 bits per heavy atom. The van der Waals surface area contributed by atoms with Crippen molar-refractivity contribution in [3.05, 3.63) is 44.7 Å². The molecule has 0 aliphatic rings. The first-order valence-corrected chi connectivity index (χ1v) is 5.31. The van der Waals surface area contributed by atoms with Gasteiger partial charge < -0.3 is 0 Å². The van der Waals surface area contributed by atoms with Crippen LogP contribution in [-0.2, 0) is 13.1 Å². The summed E-state index contributed by atoms with van der Waals surface area (Å²) in [5, 5.41) is 9.67. The summed E-state index contributed by atoms with van der Waals surface area (Å²) in [6, 6.07) is 2.32. The average molecular weight is 265 g/mol. The van der Waals surface area contributed by atoms with Crippen molar-refractivity contribution in [1.29, 1.82) is 0 Å². The molecule has 0 aromatic carbocycles. The predicted octanol–water partition coefficient (Wildman–Crippen LogP) is -2.57. The third kappa shape index (κ3) is 2.93. The minimum absolute atomic E-state index is 0.0661. The van der Waals surface area contributed by atoms with E-state index in [4.69, 9.17) is 5.84 Å². The van der Waals surface area contributed by atoms with E-state index in [1.807, 2.05) is 5.43 Å². The third-order valence-electron chi connectivity index (χ3n) is 2.34. The fourth-order valence-electron chi connectivity index (χ4n) is 1.42. The van der Waals surface area contributed by atoms with Crippen molar-refractivity contribution in [3.63, 3.8) is 0 Å². The van der Waals surface area contributed by atoms with Crippen molar-refractivity contribution in [2.24, 2.45) is 5.84 Å². The number of amides is 1. The summed E-state index contributed by atoms with van der Waals surface area (Å²) in [5.74, 6) is 4.39. The maximum atomic E-state index is 11.4. The fourth-order valence-corrected chi connectivity index (χ4v) is 1.42. The molecule has 0 fully saturated rings. The Labute approximate surface area is 105 Å². The van der Waals surface area contributed by atoms with E-state index >= 15 is 0 Å². The highest BCUT2D eigenvalue weighted by Gasteiger charge is 2.08. The van der Waals surface area contributed by atoms with Gasteiger partial charge in [0.15, 0.2) is 5.69 Å². The second kappa shape index (κ2) is 5.27. The Morgan fingerprint density at radius 2 is 2.16 bits per heavy atom. The summed E-state index contributed by atoms with van der Waals surface area (Å²) in [5.41, 5.74) is 1.29. The first kappa shape index (κ1) is 12.7. The number of H-pyrrole nitrogens is 1. The summed E-state index contributed by atoms with van der Waals surface area (Å²) >= 11 is 0. The molecule has 0 spiro atoms. The lowest BCUT2D eigenvalue weighted by atomic mass is 10.4. The Morgan fingerprint density at radius 3 is 2.89 bits per heavy atom. The van der Waals surface area contributed by atoms with E-state index < -0.39 is 5.91 Å². The number of nitrogens with one attached hydrogen (secondary N) is 2. The van der Waals surface area contributed by atoms with Crippen LogP contribution >= 0.6 is 0 Å². The lowest BCUT2D eigenvalue weighted by Gasteiger charge is -2.03. The van der Waals surface area contributed by atoms with Crippen LogP contribution in [0.15, 0.2) is 27.9 Å². The van der Waals surface area contributed by atoms with Gasteiger partial charge in [-0.15, -0.1) is 5.10 Å². The Bertz CT molecular complexity index is 698. The largest absolute Gasteiger partial charge is 0.289 e. The first-order chi connectivity index (χ1) is 9.10. The van der Waals surface area contributed by atoms with Gasteiger partial charge in [-0.05, 0) is 0 Å². The molecule has 0 aliphatic carbocycles.